The maximum absolute atomic E-state index is 9.66. The van der Waals surface area contributed by atoms with Gasteiger partial charge in [0.2, 0.25) is 0 Å². The molecule has 2 aliphatic carbocycles. The molecule has 0 spiro atoms. The lowest BCUT2D eigenvalue weighted by molar-refractivity contribution is 0.229. The van der Waals surface area contributed by atoms with E-state index in [-0.39, 0.29) is 0 Å². The van der Waals surface area contributed by atoms with E-state index in [9.17, 15) is 5.11 Å². The molecule has 110 valence electrons. The Balaban J connectivity index is 1.75. The lowest BCUT2D eigenvalue weighted by atomic mass is 9.80. The zero-order chi connectivity index (χ0) is 13.9. The first kappa shape index (κ1) is 13.9. The highest BCUT2D eigenvalue weighted by Crippen LogP contribution is 2.35. The molecule has 3 rings (SSSR count). The van der Waals surface area contributed by atoms with Crippen molar-refractivity contribution in [3.8, 4) is 5.75 Å². The van der Waals surface area contributed by atoms with Crippen LogP contribution in [0.4, 0.5) is 0 Å². The second-order valence-corrected chi connectivity index (χ2v) is 6.55. The summed E-state index contributed by atoms with van der Waals surface area (Å²) < 4.78 is 0. The number of rotatable bonds is 3. The van der Waals surface area contributed by atoms with Crippen LogP contribution in [-0.4, -0.2) is 11.1 Å². The molecule has 2 heteroatoms. The van der Waals surface area contributed by atoms with Crippen molar-refractivity contribution in [3.05, 3.63) is 29.3 Å². The topological polar surface area (TPSA) is 32.3 Å². The number of aryl methyl sites for hydroxylation is 1. The molecule has 1 fully saturated rings. The number of phenols is 1. The van der Waals surface area contributed by atoms with E-state index in [1.165, 1.54) is 56.1 Å². The Labute approximate surface area is 122 Å². The van der Waals surface area contributed by atoms with Crippen LogP contribution in [-0.2, 0) is 6.42 Å². The van der Waals surface area contributed by atoms with Gasteiger partial charge in [-0.3, -0.25) is 0 Å². The number of phenolic OH excluding ortho intramolecular Hbond substituents is 1. The Morgan fingerprint density at radius 2 is 2.00 bits per heavy atom. The molecule has 0 aromatic heterocycles. The van der Waals surface area contributed by atoms with Crippen molar-refractivity contribution in [3.63, 3.8) is 0 Å². The van der Waals surface area contributed by atoms with Gasteiger partial charge in [0.1, 0.15) is 5.75 Å². The van der Waals surface area contributed by atoms with Crippen LogP contribution >= 0.6 is 0 Å². The highest BCUT2D eigenvalue weighted by molar-refractivity contribution is 5.38. The van der Waals surface area contributed by atoms with Gasteiger partial charge in [-0.05, 0) is 61.3 Å². The van der Waals surface area contributed by atoms with E-state index in [4.69, 9.17) is 0 Å². The van der Waals surface area contributed by atoms with Crippen molar-refractivity contribution >= 4 is 0 Å². The van der Waals surface area contributed by atoms with Crippen LogP contribution in [0.2, 0.25) is 0 Å². The van der Waals surface area contributed by atoms with Crippen molar-refractivity contribution in [2.75, 3.05) is 0 Å². The molecule has 2 nitrogen and oxygen atoms in total. The predicted octanol–water partition coefficient (Wildman–Crippen LogP) is 4.33. The summed E-state index contributed by atoms with van der Waals surface area (Å²) in [5.74, 6) is 1.26. The van der Waals surface area contributed by atoms with Gasteiger partial charge in [0.25, 0.3) is 0 Å². The third-order valence-corrected chi connectivity index (χ3v) is 5.29. The van der Waals surface area contributed by atoms with Crippen molar-refractivity contribution in [1.82, 2.24) is 5.32 Å². The van der Waals surface area contributed by atoms with Gasteiger partial charge in [0, 0.05) is 12.1 Å². The normalized spacial score (nSPS) is 29.9. The number of hydrogen-bond acceptors (Lipinski definition) is 2. The fraction of sp³-hybridized carbons (Fsp3) is 0.667. The molecular weight excluding hydrogens is 246 g/mol. The van der Waals surface area contributed by atoms with Crippen molar-refractivity contribution in [2.45, 2.75) is 70.4 Å². The predicted molar refractivity (Wildman–Crippen MR) is 83.0 cm³/mol. The molecule has 0 heterocycles. The summed E-state index contributed by atoms with van der Waals surface area (Å²) in [6.07, 6.45) is 10.4. The van der Waals surface area contributed by atoms with Crippen LogP contribution in [0.5, 0.6) is 5.75 Å². The zero-order valence-electron chi connectivity index (χ0n) is 12.6. The molecule has 0 radical (unpaired) electrons. The first-order valence-corrected chi connectivity index (χ1v) is 8.35. The second kappa shape index (κ2) is 6.17. The third kappa shape index (κ3) is 2.85. The van der Waals surface area contributed by atoms with Gasteiger partial charge in [-0.15, -0.1) is 0 Å². The van der Waals surface area contributed by atoms with Gasteiger partial charge in [-0.2, -0.15) is 0 Å². The van der Waals surface area contributed by atoms with E-state index in [1.807, 2.05) is 12.1 Å². The minimum atomic E-state index is 0.411. The molecule has 2 N–H and O–H groups in total. The Kier molecular flexibility index (Phi) is 4.30. The average Bonchev–Trinajstić information content (AvgIpc) is 2.47. The summed E-state index contributed by atoms with van der Waals surface area (Å²) in [5, 5.41) is 13.6. The smallest absolute Gasteiger partial charge is 0.115 e. The monoisotopic (exact) mass is 273 g/mol. The standard InChI is InChI=1S/C18H27NO/c1-2-13-6-3-4-8-17(13)19-18-9-5-7-14-12-15(20)10-11-16(14)18/h10-13,17-20H,2-9H2,1H3. The summed E-state index contributed by atoms with van der Waals surface area (Å²) in [6, 6.07) is 7.12. The molecule has 0 amide bonds. The number of benzene rings is 1. The summed E-state index contributed by atoms with van der Waals surface area (Å²) in [6.45, 7) is 2.33. The molecule has 3 unspecified atom stereocenters. The van der Waals surface area contributed by atoms with E-state index in [2.05, 4.69) is 18.3 Å². The van der Waals surface area contributed by atoms with Crippen LogP contribution in [0.15, 0.2) is 18.2 Å². The lowest BCUT2D eigenvalue weighted by Gasteiger charge is -2.37. The van der Waals surface area contributed by atoms with E-state index < -0.39 is 0 Å². The molecule has 20 heavy (non-hydrogen) atoms. The lowest BCUT2D eigenvalue weighted by Crippen LogP contribution is -2.41. The molecule has 1 aromatic carbocycles. The third-order valence-electron chi connectivity index (χ3n) is 5.29. The maximum atomic E-state index is 9.66. The van der Waals surface area contributed by atoms with Crippen molar-refractivity contribution in [1.29, 1.82) is 0 Å². The van der Waals surface area contributed by atoms with Crippen LogP contribution in [0.3, 0.4) is 0 Å². The van der Waals surface area contributed by atoms with Crippen LogP contribution in [0.1, 0.15) is 69.0 Å². The van der Waals surface area contributed by atoms with Gasteiger partial charge >= 0.3 is 0 Å². The minimum Gasteiger partial charge on any atom is -0.508 e. The second-order valence-electron chi connectivity index (χ2n) is 6.55. The zero-order valence-corrected chi connectivity index (χ0v) is 12.6. The Morgan fingerprint density at radius 3 is 2.85 bits per heavy atom. The van der Waals surface area contributed by atoms with Gasteiger partial charge < -0.3 is 10.4 Å². The number of nitrogens with one attached hydrogen (secondary N) is 1. The van der Waals surface area contributed by atoms with E-state index in [0.717, 1.165) is 12.3 Å². The van der Waals surface area contributed by atoms with Gasteiger partial charge in [-0.25, -0.2) is 0 Å². The van der Waals surface area contributed by atoms with Crippen LogP contribution in [0, 0.1) is 5.92 Å². The molecule has 0 aliphatic heterocycles. The Hall–Kier alpha value is -1.02. The van der Waals surface area contributed by atoms with Crippen LogP contribution in [0.25, 0.3) is 0 Å². The van der Waals surface area contributed by atoms with E-state index >= 15 is 0 Å². The largest absolute Gasteiger partial charge is 0.508 e. The summed E-state index contributed by atoms with van der Waals surface area (Å²) in [4.78, 5) is 0. The summed E-state index contributed by atoms with van der Waals surface area (Å²) in [5.41, 5.74) is 2.77. The molecular formula is C18H27NO. The fourth-order valence-electron chi connectivity index (χ4n) is 4.15. The fourth-order valence-corrected chi connectivity index (χ4v) is 4.15. The first-order chi connectivity index (χ1) is 9.78. The van der Waals surface area contributed by atoms with Crippen molar-refractivity contribution < 1.29 is 5.11 Å². The number of hydrogen-bond donors (Lipinski definition) is 2. The van der Waals surface area contributed by atoms with E-state index in [1.54, 1.807) is 0 Å². The molecule has 3 atom stereocenters. The SMILES string of the molecule is CCC1CCCCC1NC1CCCc2cc(O)ccc21. The molecule has 0 bridgehead atoms. The minimum absolute atomic E-state index is 0.411. The number of aromatic hydroxyl groups is 1. The maximum Gasteiger partial charge on any atom is 0.115 e. The molecule has 2 aliphatic rings. The van der Waals surface area contributed by atoms with Crippen molar-refractivity contribution in [2.24, 2.45) is 5.92 Å². The quantitative estimate of drug-likeness (QED) is 0.859. The highest BCUT2D eigenvalue weighted by atomic mass is 16.3. The Morgan fingerprint density at radius 1 is 1.15 bits per heavy atom. The van der Waals surface area contributed by atoms with Crippen LogP contribution < -0.4 is 5.32 Å². The average molecular weight is 273 g/mol. The molecule has 1 saturated carbocycles. The van der Waals surface area contributed by atoms with Gasteiger partial charge in [0.15, 0.2) is 0 Å². The first-order valence-electron chi connectivity index (χ1n) is 8.35. The molecule has 0 saturated heterocycles. The van der Waals surface area contributed by atoms with Gasteiger partial charge in [-0.1, -0.05) is 32.3 Å². The highest BCUT2D eigenvalue weighted by Gasteiger charge is 2.28. The van der Waals surface area contributed by atoms with Gasteiger partial charge in [0.05, 0.1) is 0 Å². The summed E-state index contributed by atoms with van der Waals surface area (Å²) >= 11 is 0. The van der Waals surface area contributed by atoms with E-state index in [0.29, 0.717) is 17.8 Å². The number of fused-ring (bicyclic) bond motifs is 1. The Bertz CT molecular complexity index is 457. The summed E-state index contributed by atoms with van der Waals surface area (Å²) in [7, 11) is 0. The molecule has 1 aromatic rings.